The summed E-state index contributed by atoms with van der Waals surface area (Å²) in [4.78, 5) is 2.42. The number of fused-ring (bicyclic) bond motifs is 8. The molecule has 11 aromatic rings. The number of hydrogen-bond acceptors (Lipinski definition) is 2. The van der Waals surface area contributed by atoms with E-state index >= 15 is 0 Å². The lowest BCUT2D eigenvalue weighted by molar-refractivity contribution is 0.674. The van der Waals surface area contributed by atoms with Crippen LogP contribution in [-0.2, 0) is 5.41 Å². The molecule has 2 heterocycles. The maximum absolute atomic E-state index is 7.08. The average Bonchev–Trinajstić information content (AvgIpc) is 3.96. The number of benzene rings is 9. The van der Waals surface area contributed by atoms with E-state index in [1.165, 1.54) is 33.4 Å². The van der Waals surface area contributed by atoms with Crippen molar-refractivity contribution in [1.82, 2.24) is 4.57 Å². The molecule has 1 aliphatic carbocycles. The lowest BCUT2D eigenvalue weighted by Gasteiger charge is -2.35. The van der Waals surface area contributed by atoms with Crippen LogP contribution in [0.5, 0.6) is 0 Å². The fourth-order valence-corrected chi connectivity index (χ4v) is 10.0. The minimum Gasteiger partial charge on any atom is -0.453 e. The van der Waals surface area contributed by atoms with Gasteiger partial charge in [-0.05, 0) is 94.0 Å². The highest BCUT2D eigenvalue weighted by molar-refractivity contribution is 6.19. The van der Waals surface area contributed by atoms with Crippen molar-refractivity contribution in [1.29, 1.82) is 0 Å². The Labute approximate surface area is 348 Å². The highest BCUT2D eigenvalue weighted by Gasteiger charge is 2.46. The molecule has 0 spiro atoms. The highest BCUT2D eigenvalue weighted by Crippen LogP contribution is 2.57. The highest BCUT2D eigenvalue weighted by atomic mass is 16.3. The first-order valence-electron chi connectivity index (χ1n) is 20.6. The zero-order valence-corrected chi connectivity index (χ0v) is 32.7. The third kappa shape index (κ3) is 4.96. The van der Waals surface area contributed by atoms with Crippen LogP contribution in [0, 0.1) is 0 Å². The molecule has 3 nitrogen and oxygen atoms in total. The Morgan fingerprint density at radius 2 is 0.950 bits per heavy atom. The summed E-state index contributed by atoms with van der Waals surface area (Å²) in [6.45, 7) is 0. The van der Waals surface area contributed by atoms with E-state index < -0.39 is 5.41 Å². The predicted octanol–water partition coefficient (Wildman–Crippen LogP) is 15.0. The zero-order chi connectivity index (χ0) is 39.6. The van der Waals surface area contributed by atoms with Crippen molar-refractivity contribution in [2.75, 3.05) is 4.90 Å². The Kier molecular flexibility index (Phi) is 7.76. The first-order chi connectivity index (χ1) is 29.8. The first-order valence-corrected chi connectivity index (χ1v) is 20.6. The van der Waals surface area contributed by atoms with Crippen molar-refractivity contribution in [3.05, 3.63) is 253 Å². The molecule has 282 valence electrons. The smallest absolute Gasteiger partial charge is 0.161 e. The standard InChI is InChI=1S/C57H38N2O/c1-5-20-39(21-6-1)57(40-22-7-2-8-23-40)50-33-16-13-28-44(50)45-37-36-43(38-51(45)57)58(41-24-9-3-10-25-41)52-34-17-14-29-46(52)47-31-19-32-49-54-56(60-55(47)49)48-30-15-18-35-53(48)59(54)42-26-11-4-12-27-42/h1-38H. The van der Waals surface area contributed by atoms with E-state index in [0.29, 0.717) is 0 Å². The van der Waals surface area contributed by atoms with Gasteiger partial charge in [0.15, 0.2) is 5.58 Å². The molecule has 0 atom stereocenters. The molecule has 9 aromatic carbocycles. The second kappa shape index (κ2) is 13.6. The molecule has 0 aliphatic heterocycles. The summed E-state index contributed by atoms with van der Waals surface area (Å²) in [7, 11) is 0. The number of anilines is 3. The van der Waals surface area contributed by atoms with Crippen LogP contribution in [0.15, 0.2) is 235 Å². The molecule has 0 N–H and O–H groups in total. The molecule has 0 radical (unpaired) electrons. The summed E-state index contributed by atoms with van der Waals surface area (Å²) >= 11 is 0. The molecule has 0 saturated carbocycles. The van der Waals surface area contributed by atoms with E-state index in [0.717, 1.165) is 66.8 Å². The Morgan fingerprint density at radius 1 is 0.383 bits per heavy atom. The molecule has 3 heteroatoms. The van der Waals surface area contributed by atoms with Gasteiger partial charge < -0.3 is 13.9 Å². The fourth-order valence-electron chi connectivity index (χ4n) is 10.0. The Bertz CT molecular complexity index is 3330. The summed E-state index contributed by atoms with van der Waals surface area (Å²) in [6, 6.07) is 83.3. The van der Waals surface area contributed by atoms with Gasteiger partial charge >= 0.3 is 0 Å². The van der Waals surface area contributed by atoms with Gasteiger partial charge in [0.25, 0.3) is 0 Å². The van der Waals surface area contributed by atoms with Crippen molar-refractivity contribution in [3.8, 4) is 27.9 Å². The molecular weight excluding hydrogens is 729 g/mol. The average molecular weight is 767 g/mol. The molecule has 60 heavy (non-hydrogen) atoms. The molecule has 0 saturated heterocycles. The number of hydrogen-bond donors (Lipinski definition) is 0. The number of furan rings is 1. The minimum absolute atomic E-state index is 0.520. The molecule has 0 bridgehead atoms. The molecule has 12 rings (SSSR count). The van der Waals surface area contributed by atoms with Crippen molar-refractivity contribution >= 4 is 50.0 Å². The number of aromatic nitrogens is 1. The summed E-state index contributed by atoms with van der Waals surface area (Å²) in [5.41, 5.74) is 17.5. The van der Waals surface area contributed by atoms with Crippen molar-refractivity contribution in [2.45, 2.75) is 5.41 Å². The second-order valence-corrected chi connectivity index (χ2v) is 15.6. The molecule has 0 amide bonds. The van der Waals surface area contributed by atoms with E-state index in [9.17, 15) is 0 Å². The number of nitrogens with zero attached hydrogens (tertiary/aromatic N) is 2. The summed E-state index contributed by atoms with van der Waals surface area (Å²) < 4.78 is 9.43. The van der Waals surface area contributed by atoms with Gasteiger partial charge in [0.05, 0.1) is 16.6 Å². The third-order valence-corrected chi connectivity index (χ3v) is 12.5. The van der Waals surface area contributed by atoms with E-state index in [2.05, 4.69) is 240 Å². The number of rotatable bonds is 7. The van der Waals surface area contributed by atoms with Crippen LogP contribution in [0.25, 0.3) is 60.9 Å². The largest absolute Gasteiger partial charge is 0.453 e. The quantitative estimate of drug-likeness (QED) is 0.161. The van der Waals surface area contributed by atoms with Gasteiger partial charge in [-0.25, -0.2) is 0 Å². The molecule has 0 fully saturated rings. The topological polar surface area (TPSA) is 21.3 Å². The summed E-state index contributed by atoms with van der Waals surface area (Å²) in [5, 5.41) is 2.17. The Hall–Kier alpha value is -7.88. The molecular formula is C57H38N2O. The lowest BCUT2D eigenvalue weighted by Crippen LogP contribution is -2.28. The molecule has 1 aliphatic rings. The zero-order valence-electron chi connectivity index (χ0n) is 32.7. The van der Waals surface area contributed by atoms with Gasteiger partial charge in [0.1, 0.15) is 11.1 Å². The first kappa shape index (κ1) is 34.2. The SMILES string of the molecule is c1ccc(N(c2ccc3c(c2)C(c2ccccc2)(c2ccccc2)c2ccccc2-3)c2ccccc2-c2cccc3c2oc2c4ccccc4n(-c4ccccc4)c32)cc1. The minimum atomic E-state index is -0.520. The van der Waals surface area contributed by atoms with Crippen LogP contribution in [0.2, 0.25) is 0 Å². The van der Waals surface area contributed by atoms with Gasteiger partial charge in [0.2, 0.25) is 0 Å². The van der Waals surface area contributed by atoms with Gasteiger partial charge in [-0.3, -0.25) is 0 Å². The predicted molar refractivity (Wildman–Crippen MR) is 248 cm³/mol. The van der Waals surface area contributed by atoms with E-state index in [-0.39, 0.29) is 0 Å². The molecule has 2 aromatic heterocycles. The van der Waals surface area contributed by atoms with Crippen LogP contribution in [-0.4, -0.2) is 4.57 Å². The lowest BCUT2D eigenvalue weighted by atomic mass is 9.67. The van der Waals surface area contributed by atoms with Crippen LogP contribution in [0.3, 0.4) is 0 Å². The van der Waals surface area contributed by atoms with Gasteiger partial charge in [-0.1, -0.05) is 170 Å². The maximum atomic E-state index is 7.08. The second-order valence-electron chi connectivity index (χ2n) is 15.6. The van der Waals surface area contributed by atoms with E-state index in [1.54, 1.807) is 0 Å². The van der Waals surface area contributed by atoms with E-state index in [4.69, 9.17) is 4.42 Å². The fraction of sp³-hybridized carbons (Fsp3) is 0.0175. The Balaban J connectivity index is 1.11. The van der Waals surface area contributed by atoms with Crippen LogP contribution >= 0.6 is 0 Å². The molecule has 0 unspecified atom stereocenters. The van der Waals surface area contributed by atoms with Crippen molar-refractivity contribution in [2.24, 2.45) is 0 Å². The monoisotopic (exact) mass is 766 g/mol. The van der Waals surface area contributed by atoms with Crippen LogP contribution in [0.4, 0.5) is 17.1 Å². The Morgan fingerprint density at radius 3 is 1.70 bits per heavy atom. The van der Waals surface area contributed by atoms with Crippen molar-refractivity contribution < 1.29 is 4.42 Å². The summed E-state index contributed by atoms with van der Waals surface area (Å²) in [5.74, 6) is 0. The normalized spacial score (nSPS) is 12.8. The van der Waals surface area contributed by atoms with Crippen LogP contribution in [0.1, 0.15) is 22.3 Å². The van der Waals surface area contributed by atoms with Crippen molar-refractivity contribution in [3.63, 3.8) is 0 Å². The van der Waals surface area contributed by atoms with Crippen LogP contribution < -0.4 is 4.90 Å². The number of para-hydroxylation sites is 5. The van der Waals surface area contributed by atoms with Gasteiger partial charge in [-0.15, -0.1) is 0 Å². The van der Waals surface area contributed by atoms with Gasteiger partial charge in [-0.2, -0.15) is 0 Å². The maximum Gasteiger partial charge on any atom is 0.161 e. The summed E-state index contributed by atoms with van der Waals surface area (Å²) in [6.07, 6.45) is 0. The van der Waals surface area contributed by atoms with Gasteiger partial charge in [0, 0.05) is 39.0 Å². The third-order valence-electron chi connectivity index (χ3n) is 12.5. The van der Waals surface area contributed by atoms with E-state index in [1.807, 2.05) is 0 Å².